The third kappa shape index (κ3) is 3.58. The van der Waals surface area contributed by atoms with Gasteiger partial charge in [0, 0.05) is 17.6 Å². The molecule has 0 amide bonds. The lowest BCUT2D eigenvalue weighted by atomic mass is 10.3. The molecule has 84 valence electrons. The van der Waals surface area contributed by atoms with Gasteiger partial charge in [-0.05, 0) is 13.8 Å². The van der Waals surface area contributed by atoms with Gasteiger partial charge in [0.1, 0.15) is 11.0 Å². The summed E-state index contributed by atoms with van der Waals surface area (Å²) in [4.78, 5) is 14.8. The summed E-state index contributed by atoms with van der Waals surface area (Å²) in [5, 5.41) is 14.5. The third-order valence-corrected chi connectivity index (χ3v) is 3.11. The lowest BCUT2D eigenvalue weighted by Crippen LogP contribution is -2.41. The van der Waals surface area contributed by atoms with Crippen molar-refractivity contribution in [3.8, 4) is 0 Å². The maximum Gasteiger partial charge on any atom is 0.321 e. The number of hydrogen-bond acceptors (Lipinski definition) is 5. The molecule has 0 bridgehead atoms. The van der Waals surface area contributed by atoms with Gasteiger partial charge in [-0.15, -0.1) is 11.3 Å². The van der Waals surface area contributed by atoms with E-state index in [4.69, 9.17) is 10.8 Å². The van der Waals surface area contributed by atoms with Crippen LogP contribution in [0.3, 0.4) is 0 Å². The first-order chi connectivity index (χ1) is 7.00. The molecule has 0 aromatic carbocycles. The smallest absolute Gasteiger partial charge is 0.321 e. The fourth-order valence-electron chi connectivity index (χ4n) is 1.05. The van der Waals surface area contributed by atoms with Gasteiger partial charge in [-0.1, -0.05) is 0 Å². The highest BCUT2D eigenvalue weighted by molar-refractivity contribution is 7.09. The van der Waals surface area contributed by atoms with E-state index in [1.165, 1.54) is 0 Å². The van der Waals surface area contributed by atoms with Gasteiger partial charge in [0.2, 0.25) is 0 Å². The fourth-order valence-corrected chi connectivity index (χ4v) is 1.88. The molecule has 5 nitrogen and oxygen atoms in total. The monoisotopic (exact) mass is 229 g/mol. The third-order valence-electron chi connectivity index (χ3n) is 1.97. The number of carbonyl (C=O) groups is 1. The molecule has 2 atom stereocenters. The Balaban J connectivity index is 2.43. The van der Waals surface area contributed by atoms with Crippen molar-refractivity contribution >= 4 is 17.3 Å². The van der Waals surface area contributed by atoms with Crippen molar-refractivity contribution < 1.29 is 9.90 Å². The number of aryl methyl sites for hydroxylation is 1. The highest BCUT2D eigenvalue weighted by Gasteiger charge is 2.14. The molecule has 0 spiro atoms. The van der Waals surface area contributed by atoms with Crippen molar-refractivity contribution in [1.29, 1.82) is 0 Å². The second-order valence-corrected chi connectivity index (χ2v) is 4.29. The lowest BCUT2D eigenvalue weighted by molar-refractivity contribution is -0.138. The number of carboxylic acid groups (broad SMARTS) is 1. The summed E-state index contributed by atoms with van der Waals surface area (Å²) in [6, 6.07) is -0.831. The lowest BCUT2D eigenvalue weighted by Gasteiger charge is -2.13. The van der Waals surface area contributed by atoms with E-state index in [-0.39, 0.29) is 12.6 Å². The minimum Gasteiger partial charge on any atom is -0.480 e. The molecule has 1 heterocycles. The summed E-state index contributed by atoms with van der Waals surface area (Å²) in [7, 11) is 0. The molecule has 15 heavy (non-hydrogen) atoms. The van der Waals surface area contributed by atoms with Gasteiger partial charge in [-0.3, -0.25) is 4.79 Å². The van der Waals surface area contributed by atoms with Crippen molar-refractivity contribution in [1.82, 2.24) is 10.3 Å². The largest absolute Gasteiger partial charge is 0.480 e. The molecule has 1 aromatic rings. The normalized spacial score (nSPS) is 14.9. The number of rotatable bonds is 5. The van der Waals surface area contributed by atoms with Gasteiger partial charge in [-0.2, -0.15) is 0 Å². The number of thiazole rings is 1. The van der Waals surface area contributed by atoms with Gasteiger partial charge < -0.3 is 16.2 Å². The quantitative estimate of drug-likeness (QED) is 0.685. The Morgan fingerprint density at radius 3 is 2.93 bits per heavy atom. The molecule has 0 radical (unpaired) electrons. The average Bonchev–Trinajstić information content (AvgIpc) is 2.60. The zero-order chi connectivity index (χ0) is 11.4. The zero-order valence-electron chi connectivity index (χ0n) is 8.73. The highest BCUT2D eigenvalue weighted by Crippen LogP contribution is 2.16. The average molecular weight is 229 g/mol. The number of aliphatic carboxylic acids is 1. The van der Waals surface area contributed by atoms with Crippen LogP contribution in [0.15, 0.2) is 5.38 Å². The van der Waals surface area contributed by atoms with E-state index >= 15 is 0 Å². The van der Waals surface area contributed by atoms with Gasteiger partial charge in [0.25, 0.3) is 0 Å². The standard InChI is InChI=1S/C9H15N3O2S/c1-5-4-15-8(12-5)6(2)11-3-7(10)9(13)14/h4,6-7,11H,3,10H2,1-2H3,(H,13,14). The molecular weight excluding hydrogens is 214 g/mol. The Kier molecular flexibility index (Phi) is 4.19. The highest BCUT2D eigenvalue weighted by atomic mass is 32.1. The number of aromatic nitrogens is 1. The van der Waals surface area contributed by atoms with E-state index in [0.717, 1.165) is 10.7 Å². The molecule has 2 unspecified atom stereocenters. The predicted octanol–water partition coefficient (Wildman–Crippen LogP) is 0.514. The van der Waals surface area contributed by atoms with Crippen LogP contribution in [0, 0.1) is 6.92 Å². The van der Waals surface area contributed by atoms with Gasteiger partial charge >= 0.3 is 5.97 Å². The maximum absolute atomic E-state index is 10.5. The fraction of sp³-hybridized carbons (Fsp3) is 0.556. The Morgan fingerprint density at radius 1 is 1.80 bits per heavy atom. The van der Waals surface area contributed by atoms with Crippen LogP contribution < -0.4 is 11.1 Å². The van der Waals surface area contributed by atoms with Gasteiger partial charge in [-0.25, -0.2) is 4.98 Å². The summed E-state index contributed by atoms with van der Waals surface area (Å²) in [6.07, 6.45) is 0. The molecular formula is C9H15N3O2S. The summed E-state index contributed by atoms with van der Waals surface area (Å²) in [5.41, 5.74) is 6.35. The van der Waals surface area contributed by atoms with E-state index in [1.54, 1.807) is 11.3 Å². The molecule has 1 aromatic heterocycles. The summed E-state index contributed by atoms with van der Waals surface area (Å²) in [5.74, 6) is -0.995. The summed E-state index contributed by atoms with van der Waals surface area (Å²) >= 11 is 1.56. The van der Waals surface area contributed by atoms with Crippen LogP contribution in [-0.2, 0) is 4.79 Å². The van der Waals surface area contributed by atoms with Crippen molar-refractivity contribution in [3.63, 3.8) is 0 Å². The van der Waals surface area contributed by atoms with Crippen LogP contribution >= 0.6 is 11.3 Å². The molecule has 0 saturated heterocycles. The van der Waals surface area contributed by atoms with Crippen molar-refractivity contribution in [2.75, 3.05) is 6.54 Å². The van der Waals surface area contributed by atoms with E-state index < -0.39 is 12.0 Å². The Morgan fingerprint density at radius 2 is 2.47 bits per heavy atom. The molecule has 0 aliphatic rings. The maximum atomic E-state index is 10.5. The van der Waals surface area contributed by atoms with Gasteiger partial charge in [0.05, 0.1) is 6.04 Å². The minimum absolute atomic E-state index is 0.0362. The van der Waals surface area contributed by atoms with Crippen LogP contribution in [0.4, 0.5) is 0 Å². The Labute approximate surface area is 92.3 Å². The van der Waals surface area contributed by atoms with E-state index in [0.29, 0.717) is 0 Å². The Bertz CT molecular complexity index is 340. The second kappa shape index (κ2) is 5.20. The summed E-state index contributed by atoms with van der Waals surface area (Å²) < 4.78 is 0. The molecule has 0 aliphatic carbocycles. The van der Waals surface area contributed by atoms with E-state index in [2.05, 4.69) is 10.3 Å². The van der Waals surface area contributed by atoms with Crippen LogP contribution in [0.1, 0.15) is 23.7 Å². The van der Waals surface area contributed by atoms with Gasteiger partial charge in [0.15, 0.2) is 0 Å². The molecule has 0 fully saturated rings. The van der Waals surface area contributed by atoms with Crippen LogP contribution in [0.5, 0.6) is 0 Å². The first kappa shape index (κ1) is 12.1. The van der Waals surface area contributed by atoms with Crippen LogP contribution in [-0.4, -0.2) is 28.6 Å². The molecule has 0 aliphatic heterocycles. The number of carboxylic acids is 1. The van der Waals surface area contributed by atoms with E-state index in [1.807, 2.05) is 19.2 Å². The second-order valence-electron chi connectivity index (χ2n) is 3.40. The van der Waals surface area contributed by atoms with Crippen LogP contribution in [0.25, 0.3) is 0 Å². The van der Waals surface area contributed by atoms with Crippen molar-refractivity contribution in [3.05, 3.63) is 16.1 Å². The summed E-state index contributed by atoms with van der Waals surface area (Å²) in [6.45, 7) is 4.11. The predicted molar refractivity (Wildman–Crippen MR) is 58.9 cm³/mol. The topological polar surface area (TPSA) is 88.2 Å². The molecule has 6 heteroatoms. The minimum atomic E-state index is -0.995. The van der Waals surface area contributed by atoms with E-state index in [9.17, 15) is 4.79 Å². The Hall–Kier alpha value is -0.980. The van der Waals surface area contributed by atoms with Crippen molar-refractivity contribution in [2.45, 2.75) is 25.9 Å². The molecule has 4 N–H and O–H groups in total. The van der Waals surface area contributed by atoms with Crippen LogP contribution in [0.2, 0.25) is 0 Å². The first-order valence-electron chi connectivity index (χ1n) is 4.64. The number of nitrogens with two attached hydrogens (primary N) is 1. The van der Waals surface area contributed by atoms with Crippen molar-refractivity contribution in [2.24, 2.45) is 5.73 Å². The SMILES string of the molecule is Cc1csc(C(C)NCC(N)C(=O)O)n1. The first-order valence-corrected chi connectivity index (χ1v) is 5.52. The molecule has 0 saturated carbocycles. The number of nitrogens with zero attached hydrogens (tertiary/aromatic N) is 1. The molecule has 1 rings (SSSR count). The zero-order valence-corrected chi connectivity index (χ0v) is 9.54. The number of hydrogen-bond donors (Lipinski definition) is 3. The number of nitrogens with one attached hydrogen (secondary N) is 1.